The van der Waals surface area contributed by atoms with E-state index >= 15 is 0 Å². The summed E-state index contributed by atoms with van der Waals surface area (Å²) in [6.07, 6.45) is 1.20. The third-order valence-electron chi connectivity index (χ3n) is 1.30. The predicted molar refractivity (Wildman–Crippen MR) is 52.7 cm³/mol. The Bertz CT molecular complexity index is 437. The van der Waals surface area contributed by atoms with Crippen LogP contribution in [0.4, 0.5) is 5.13 Å². The first-order valence-corrected chi connectivity index (χ1v) is 5.92. The molecule has 6 nitrogen and oxygen atoms in total. The van der Waals surface area contributed by atoms with Crippen LogP contribution < -0.4 is 10.0 Å². The van der Waals surface area contributed by atoms with Gasteiger partial charge in [0, 0.05) is 6.92 Å². The number of carbonyl (C=O) groups excluding carboxylic acids is 1. The number of hydrogen-bond acceptors (Lipinski definition) is 5. The van der Waals surface area contributed by atoms with Crippen molar-refractivity contribution in [3.63, 3.8) is 0 Å². The summed E-state index contributed by atoms with van der Waals surface area (Å²) in [5.41, 5.74) is 0. The van der Waals surface area contributed by atoms with Gasteiger partial charge in [-0.1, -0.05) is 11.3 Å². The number of nitrogens with zero attached hydrogens (tertiary/aromatic N) is 1. The Morgan fingerprint density at radius 3 is 2.71 bits per heavy atom. The van der Waals surface area contributed by atoms with E-state index in [9.17, 15) is 13.2 Å². The molecule has 0 spiro atoms. The molecule has 0 aliphatic carbocycles. The minimum absolute atomic E-state index is 0.0729. The average Bonchev–Trinajstić information content (AvgIpc) is 2.52. The zero-order valence-corrected chi connectivity index (χ0v) is 9.20. The Hall–Kier alpha value is -0.990. The smallest absolute Gasteiger partial charge is 0.251 e. The molecule has 0 saturated carbocycles. The summed E-state index contributed by atoms with van der Waals surface area (Å²) in [5, 5.41) is 2.67. The van der Waals surface area contributed by atoms with Gasteiger partial charge in [0.25, 0.3) is 10.0 Å². The Kier molecular flexibility index (Phi) is 3.19. The molecule has 1 heterocycles. The molecule has 0 aromatic carbocycles. The number of anilines is 1. The second-order valence-corrected chi connectivity index (χ2v) is 5.52. The van der Waals surface area contributed by atoms with Crippen molar-refractivity contribution in [2.75, 3.05) is 12.4 Å². The van der Waals surface area contributed by atoms with E-state index in [1.807, 2.05) is 0 Å². The van der Waals surface area contributed by atoms with Gasteiger partial charge in [-0.05, 0) is 7.05 Å². The lowest BCUT2D eigenvalue weighted by molar-refractivity contribution is -0.114. The first kappa shape index (κ1) is 11.1. The lowest BCUT2D eigenvalue weighted by Crippen LogP contribution is -2.17. The van der Waals surface area contributed by atoms with Gasteiger partial charge in [0.1, 0.15) is 0 Å². The lowest BCUT2D eigenvalue weighted by atomic mass is 10.7. The van der Waals surface area contributed by atoms with Crippen LogP contribution in [-0.2, 0) is 14.8 Å². The molecule has 2 N–H and O–H groups in total. The second-order valence-electron chi connectivity index (χ2n) is 2.37. The number of amides is 1. The molecule has 0 bridgehead atoms. The average molecular weight is 235 g/mol. The molecule has 14 heavy (non-hydrogen) atoms. The normalized spacial score (nSPS) is 11.3. The Morgan fingerprint density at radius 2 is 2.21 bits per heavy atom. The molecule has 0 aliphatic rings. The molecular weight excluding hydrogens is 226 g/mol. The molecule has 78 valence electrons. The highest BCUT2D eigenvalue weighted by Gasteiger charge is 2.15. The first-order valence-electron chi connectivity index (χ1n) is 3.62. The van der Waals surface area contributed by atoms with Gasteiger partial charge in [-0.2, -0.15) is 0 Å². The number of aromatic nitrogens is 1. The predicted octanol–water partition coefficient (Wildman–Crippen LogP) is 0.00960. The van der Waals surface area contributed by atoms with Crippen LogP contribution >= 0.6 is 11.3 Å². The van der Waals surface area contributed by atoms with Gasteiger partial charge in [0.15, 0.2) is 9.34 Å². The number of carbonyl (C=O) groups is 1. The van der Waals surface area contributed by atoms with E-state index in [1.54, 1.807) is 0 Å². The van der Waals surface area contributed by atoms with Gasteiger partial charge in [0.2, 0.25) is 5.91 Å². The molecule has 0 saturated heterocycles. The van der Waals surface area contributed by atoms with Crippen LogP contribution in [0.2, 0.25) is 0 Å². The Morgan fingerprint density at radius 1 is 1.57 bits per heavy atom. The molecule has 8 heteroatoms. The highest BCUT2D eigenvalue weighted by atomic mass is 32.2. The SMILES string of the molecule is CNS(=O)(=O)c1cnc(NC(C)=O)s1. The van der Waals surface area contributed by atoms with Crippen LogP contribution in [0.15, 0.2) is 10.4 Å². The summed E-state index contributed by atoms with van der Waals surface area (Å²) in [4.78, 5) is 14.4. The fourth-order valence-corrected chi connectivity index (χ4v) is 2.61. The molecule has 1 aromatic heterocycles. The van der Waals surface area contributed by atoms with Gasteiger partial charge >= 0.3 is 0 Å². The Labute approximate surface area is 85.4 Å². The van der Waals surface area contributed by atoms with Crippen molar-refractivity contribution in [3.05, 3.63) is 6.20 Å². The van der Waals surface area contributed by atoms with Crippen LogP contribution in [0.5, 0.6) is 0 Å². The van der Waals surface area contributed by atoms with Crippen molar-refractivity contribution in [2.45, 2.75) is 11.1 Å². The van der Waals surface area contributed by atoms with E-state index < -0.39 is 10.0 Å². The summed E-state index contributed by atoms with van der Waals surface area (Å²) in [7, 11) is -2.15. The molecule has 0 aliphatic heterocycles. The molecule has 0 unspecified atom stereocenters. The highest BCUT2D eigenvalue weighted by molar-refractivity contribution is 7.91. The van der Waals surface area contributed by atoms with Gasteiger partial charge in [-0.25, -0.2) is 18.1 Å². The second kappa shape index (κ2) is 4.03. The summed E-state index contributed by atoms with van der Waals surface area (Å²) in [5.74, 6) is -0.284. The molecule has 1 aromatic rings. The van der Waals surface area contributed by atoms with Crippen LogP contribution in [-0.4, -0.2) is 26.4 Å². The van der Waals surface area contributed by atoms with Gasteiger partial charge < -0.3 is 5.32 Å². The maximum Gasteiger partial charge on any atom is 0.251 e. The van der Waals surface area contributed by atoms with Gasteiger partial charge in [-0.15, -0.1) is 0 Å². The lowest BCUT2D eigenvalue weighted by Gasteiger charge is -1.95. The number of nitrogens with one attached hydrogen (secondary N) is 2. The van der Waals surface area contributed by atoms with Crippen molar-refractivity contribution >= 4 is 32.4 Å². The number of rotatable bonds is 3. The largest absolute Gasteiger partial charge is 0.302 e. The van der Waals surface area contributed by atoms with Gasteiger partial charge in [-0.3, -0.25) is 4.79 Å². The van der Waals surface area contributed by atoms with E-state index in [0.29, 0.717) is 0 Å². The van der Waals surface area contributed by atoms with E-state index in [0.717, 1.165) is 11.3 Å². The monoisotopic (exact) mass is 235 g/mol. The minimum Gasteiger partial charge on any atom is -0.302 e. The number of hydrogen-bond donors (Lipinski definition) is 2. The standard InChI is InChI=1S/C6H9N3O3S2/c1-4(10)9-6-8-3-5(13-6)14(11,12)7-2/h3,7H,1-2H3,(H,8,9,10). The fourth-order valence-electron chi connectivity index (χ4n) is 0.693. The van der Waals surface area contributed by atoms with Crippen LogP contribution in [0.1, 0.15) is 6.92 Å². The van der Waals surface area contributed by atoms with E-state index in [-0.39, 0.29) is 15.2 Å². The van der Waals surface area contributed by atoms with Gasteiger partial charge in [0.05, 0.1) is 6.20 Å². The highest BCUT2D eigenvalue weighted by Crippen LogP contribution is 2.21. The van der Waals surface area contributed by atoms with Crippen LogP contribution in [0.25, 0.3) is 0 Å². The third-order valence-corrected chi connectivity index (χ3v) is 4.09. The summed E-state index contributed by atoms with van der Waals surface area (Å²) < 4.78 is 24.7. The summed E-state index contributed by atoms with van der Waals surface area (Å²) in [6.45, 7) is 1.33. The minimum atomic E-state index is -3.46. The maximum absolute atomic E-state index is 11.2. The zero-order valence-electron chi connectivity index (χ0n) is 7.57. The molecule has 0 atom stereocenters. The fraction of sp³-hybridized carbons (Fsp3) is 0.333. The van der Waals surface area contributed by atoms with Crippen molar-refractivity contribution in [3.8, 4) is 0 Å². The maximum atomic E-state index is 11.2. The van der Waals surface area contributed by atoms with Crippen molar-refractivity contribution in [1.82, 2.24) is 9.71 Å². The first-order chi connectivity index (χ1) is 6.45. The van der Waals surface area contributed by atoms with Crippen LogP contribution in [0, 0.1) is 0 Å². The van der Waals surface area contributed by atoms with Crippen molar-refractivity contribution in [1.29, 1.82) is 0 Å². The third kappa shape index (κ3) is 2.50. The molecule has 0 radical (unpaired) electrons. The summed E-state index contributed by atoms with van der Waals surface area (Å²) >= 11 is 0.899. The number of thiazole rings is 1. The molecule has 1 amide bonds. The quantitative estimate of drug-likeness (QED) is 0.772. The number of sulfonamides is 1. The van der Waals surface area contributed by atoms with Crippen LogP contribution in [0.3, 0.4) is 0 Å². The van der Waals surface area contributed by atoms with Crippen molar-refractivity contribution < 1.29 is 13.2 Å². The zero-order chi connectivity index (χ0) is 10.8. The summed E-state index contributed by atoms with van der Waals surface area (Å²) in [6, 6.07) is 0. The molecular formula is C6H9N3O3S2. The van der Waals surface area contributed by atoms with E-state index in [2.05, 4.69) is 15.0 Å². The van der Waals surface area contributed by atoms with Crippen molar-refractivity contribution in [2.24, 2.45) is 0 Å². The molecule has 0 fully saturated rings. The van der Waals surface area contributed by atoms with E-state index in [1.165, 1.54) is 20.2 Å². The Balaban J connectivity index is 2.94. The topological polar surface area (TPSA) is 88.2 Å². The molecule has 1 rings (SSSR count). The van der Waals surface area contributed by atoms with E-state index in [4.69, 9.17) is 0 Å².